The van der Waals surface area contributed by atoms with Crippen LogP contribution in [0.5, 0.6) is 0 Å². The van der Waals surface area contributed by atoms with Crippen LogP contribution in [-0.2, 0) is 24.5 Å². The van der Waals surface area contributed by atoms with Crippen molar-refractivity contribution in [3.05, 3.63) is 115 Å². The van der Waals surface area contributed by atoms with E-state index in [4.69, 9.17) is 16.3 Å². The number of ether oxygens (including phenoxy) is 1. The zero-order valence-corrected chi connectivity index (χ0v) is 22.8. The van der Waals surface area contributed by atoms with Crippen LogP contribution >= 0.6 is 11.6 Å². The maximum atomic E-state index is 15.6. The molecule has 0 atom stereocenters. The molecule has 3 heterocycles. The first-order valence-corrected chi connectivity index (χ1v) is 13.1. The number of benzene rings is 2. The van der Waals surface area contributed by atoms with E-state index in [2.05, 4.69) is 10.1 Å². The third-order valence-corrected chi connectivity index (χ3v) is 6.85. The molecule has 0 bridgehead atoms. The summed E-state index contributed by atoms with van der Waals surface area (Å²) in [5.41, 5.74) is 0.234. The van der Waals surface area contributed by atoms with Gasteiger partial charge in [-0.3, -0.25) is 13.9 Å². The second-order valence-corrected chi connectivity index (χ2v) is 9.91. The molecule has 0 aliphatic carbocycles. The summed E-state index contributed by atoms with van der Waals surface area (Å²) in [6.45, 7) is 6.10. The average molecular weight is 566 g/mol. The summed E-state index contributed by atoms with van der Waals surface area (Å²) in [4.78, 5) is 31.1. The van der Waals surface area contributed by atoms with E-state index in [0.29, 0.717) is 18.0 Å². The Morgan fingerprint density at radius 1 is 1.00 bits per heavy atom. The Morgan fingerprint density at radius 3 is 2.42 bits per heavy atom. The second-order valence-electron chi connectivity index (χ2n) is 9.51. The molecule has 0 amide bonds. The third-order valence-electron chi connectivity index (χ3n) is 6.55. The van der Waals surface area contributed by atoms with Crippen LogP contribution in [0.4, 0.5) is 8.78 Å². The minimum absolute atomic E-state index is 0.0194. The van der Waals surface area contributed by atoms with Crippen LogP contribution in [0.3, 0.4) is 0 Å². The van der Waals surface area contributed by atoms with Gasteiger partial charge in [0.25, 0.3) is 5.56 Å². The van der Waals surface area contributed by atoms with Crippen LogP contribution in [0, 0.1) is 11.6 Å². The Labute approximate surface area is 233 Å². The molecule has 0 spiro atoms. The van der Waals surface area contributed by atoms with Gasteiger partial charge in [-0.05, 0) is 42.2 Å². The molecule has 11 heteroatoms. The molecule has 0 aliphatic rings. The second kappa shape index (κ2) is 11.1. The highest BCUT2D eigenvalue weighted by Gasteiger charge is 2.23. The lowest BCUT2D eigenvalue weighted by Gasteiger charge is -2.16. The van der Waals surface area contributed by atoms with Crippen molar-refractivity contribution in [2.24, 2.45) is 0 Å². The Bertz CT molecular complexity index is 1810. The first-order chi connectivity index (χ1) is 19.2. The molecule has 5 aromatic rings. The van der Waals surface area contributed by atoms with Crippen molar-refractivity contribution >= 4 is 22.5 Å². The fraction of sp³-hybridized carbons (Fsp3) is 0.241. The lowest BCUT2D eigenvalue weighted by Crippen LogP contribution is -2.26. The average Bonchev–Trinajstić information content (AvgIpc) is 3.24. The lowest BCUT2D eigenvalue weighted by atomic mass is 10.0. The van der Waals surface area contributed by atoms with Gasteiger partial charge in [-0.15, -0.1) is 5.10 Å². The predicted octanol–water partition coefficient (Wildman–Crippen LogP) is 5.52. The SMILES string of the molecule is CCn1c(COCc2ccccc2)nn(-c2nc3c(C(C)C)cn(-c4c(F)cccc4Cl)c(=O)c3cc2F)c1=O. The maximum Gasteiger partial charge on any atom is 0.352 e. The number of para-hydroxylation sites is 1. The number of halogens is 3. The lowest BCUT2D eigenvalue weighted by molar-refractivity contribution is 0.0989. The van der Waals surface area contributed by atoms with E-state index in [1.165, 1.54) is 29.0 Å². The first-order valence-electron chi connectivity index (χ1n) is 12.7. The Morgan fingerprint density at radius 2 is 1.75 bits per heavy atom. The molecule has 3 aromatic heterocycles. The van der Waals surface area contributed by atoms with Crippen molar-refractivity contribution in [1.82, 2.24) is 23.9 Å². The summed E-state index contributed by atoms with van der Waals surface area (Å²) < 4.78 is 39.4. The molecular formula is C29H26ClF2N5O3. The van der Waals surface area contributed by atoms with Gasteiger partial charge in [0.1, 0.15) is 18.1 Å². The molecule has 0 unspecified atom stereocenters. The highest BCUT2D eigenvalue weighted by atomic mass is 35.5. The van der Waals surface area contributed by atoms with Crippen LogP contribution in [0.2, 0.25) is 5.02 Å². The molecule has 0 N–H and O–H groups in total. The van der Waals surface area contributed by atoms with E-state index in [-0.39, 0.29) is 46.5 Å². The van der Waals surface area contributed by atoms with Crippen molar-refractivity contribution in [2.75, 3.05) is 0 Å². The molecule has 0 radical (unpaired) electrons. The Kier molecular flexibility index (Phi) is 7.64. The monoisotopic (exact) mass is 565 g/mol. The fourth-order valence-electron chi connectivity index (χ4n) is 4.54. The van der Waals surface area contributed by atoms with Crippen LogP contribution in [0.25, 0.3) is 22.4 Å². The van der Waals surface area contributed by atoms with Crippen molar-refractivity contribution in [2.45, 2.75) is 46.4 Å². The summed E-state index contributed by atoms with van der Waals surface area (Å²) >= 11 is 6.23. The van der Waals surface area contributed by atoms with Gasteiger partial charge in [0.2, 0.25) is 0 Å². The molecule has 8 nitrogen and oxygen atoms in total. The Hall–Kier alpha value is -4.15. The van der Waals surface area contributed by atoms with Gasteiger partial charge >= 0.3 is 5.69 Å². The molecule has 206 valence electrons. The minimum atomic E-state index is -0.934. The summed E-state index contributed by atoms with van der Waals surface area (Å²) in [7, 11) is 0. The van der Waals surface area contributed by atoms with Gasteiger partial charge in [0, 0.05) is 12.7 Å². The van der Waals surface area contributed by atoms with Crippen LogP contribution in [0.15, 0.2) is 70.4 Å². The van der Waals surface area contributed by atoms with Gasteiger partial charge < -0.3 is 4.74 Å². The molecule has 0 aliphatic heterocycles. The van der Waals surface area contributed by atoms with Crippen molar-refractivity contribution in [3.8, 4) is 11.5 Å². The number of hydrogen-bond donors (Lipinski definition) is 0. The molecule has 0 saturated carbocycles. The van der Waals surface area contributed by atoms with Gasteiger partial charge in [0.15, 0.2) is 17.5 Å². The molecule has 0 fully saturated rings. The topological polar surface area (TPSA) is 83.9 Å². The summed E-state index contributed by atoms with van der Waals surface area (Å²) in [6.07, 6.45) is 1.45. The molecule has 40 heavy (non-hydrogen) atoms. The molecule has 5 rings (SSSR count). The summed E-state index contributed by atoms with van der Waals surface area (Å²) in [5.74, 6) is -1.88. The van der Waals surface area contributed by atoms with Crippen molar-refractivity contribution in [3.63, 3.8) is 0 Å². The molecular weight excluding hydrogens is 540 g/mol. The van der Waals surface area contributed by atoms with E-state index < -0.39 is 22.9 Å². The number of rotatable bonds is 8. The minimum Gasteiger partial charge on any atom is -0.369 e. The number of nitrogens with zero attached hydrogens (tertiary/aromatic N) is 5. The summed E-state index contributed by atoms with van der Waals surface area (Å²) in [5, 5.41) is 4.27. The number of pyridine rings is 2. The smallest absolute Gasteiger partial charge is 0.352 e. The molecule has 2 aromatic carbocycles. The van der Waals surface area contributed by atoms with Gasteiger partial charge in [-0.2, -0.15) is 4.68 Å². The quantitative estimate of drug-likeness (QED) is 0.247. The predicted molar refractivity (Wildman–Crippen MR) is 148 cm³/mol. The van der Waals surface area contributed by atoms with E-state index in [1.54, 1.807) is 6.92 Å². The number of fused-ring (bicyclic) bond motifs is 1. The zero-order chi connectivity index (χ0) is 28.6. The van der Waals surface area contributed by atoms with E-state index in [1.807, 2.05) is 44.2 Å². The molecule has 0 saturated heterocycles. The normalized spacial score (nSPS) is 11.6. The standard InChI is InChI=1S/C29H26ClF2N5O3/c1-4-35-24(16-40-15-18-9-6-5-7-10-18)34-37(29(35)39)27-23(32)13-19-25(33-27)20(17(2)3)14-36(28(19)38)26-21(30)11-8-12-22(26)31/h5-14,17H,4,15-16H2,1-3H3. The van der Waals surface area contributed by atoms with Gasteiger partial charge in [0.05, 0.1) is 22.5 Å². The van der Waals surface area contributed by atoms with E-state index in [9.17, 15) is 14.0 Å². The van der Waals surface area contributed by atoms with Crippen molar-refractivity contribution < 1.29 is 13.5 Å². The van der Waals surface area contributed by atoms with Gasteiger partial charge in [-0.1, -0.05) is 61.8 Å². The highest BCUT2D eigenvalue weighted by molar-refractivity contribution is 6.32. The van der Waals surface area contributed by atoms with Crippen LogP contribution in [0.1, 0.15) is 43.6 Å². The maximum absolute atomic E-state index is 15.6. The van der Waals surface area contributed by atoms with Gasteiger partial charge in [-0.25, -0.2) is 18.6 Å². The number of aromatic nitrogens is 5. The first kappa shape index (κ1) is 27.4. The summed E-state index contributed by atoms with van der Waals surface area (Å²) in [6, 6.07) is 14.6. The number of hydrogen-bond acceptors (Lipinski definition) is 5. The fourth-order valence-corrected chi connectivity index (χ4v) is 4.80. The Balaban J connectivity index is 1.62. The van der Waals surface area contributed by atoms with Crippen LogP contribution in [-0.4, -0.2) is 23.9 Å². The van der Waals surface area contributed by atoms with E-state index >= 15 is 4.39 Å². The largest absolute Gasteiger partial charge is 0.369 e. The van der Waals surface area contributed by atoms with Crippen LogP contribution < -0.4 is 11.2 Å². The highest BCUT2D eigenvalue weighted by Crippen LogP contribution is 2.28. The zero-order valence-electron chi connectivity index (χ0n) is 22.1. The third kappa shape index (κ3) is 4.96. The van der Waals surface area contributed by atoms with E-state index in [0.717, 1.165) is 20.9 Å². The van der Waals surface area contributed by atoms with Crippen molar-refractivity contribution in [1.29, 1.82) is 0 Å².